The van der Waals surface area contributed by atoms with Crippen molar-refractivity contribution in [3.8, 4) is 0 Å². The Bertz CT molecular complexity index is 730. The molecule has 0 spiro atoms. The van der Waals surface area contributed by atoms with Gasteiger partial charge in [-0.1, -0.05) is 60.6 Å². The van der Waals surface area contributed by atoms with E-state index >= 15 is 0 Å². The molecule has 5 nitrogen and oxygen atoms in total. The van der Waals surface area contributed by atoms with E-state index in [0.717, 1.165) is 12.0 Å². The third-order valence-electron chi connectivity index (χ3n) is 3.48. The Hall–Kier alpha value is -2.79. The Morgan fingerprint density at radius 2 is 1.56 bits per heavy atom. The van der Waals surface area contributed by atoms with Crippen molar-refractivity contribution in [2.45, 2.75) is 19.4 Å². The minimum absolute atomic E-state index is 0.248. The lowest BCUT2D eigenvalue weighted by atomic mass is 10.1. The van der Waals surface area contributed by atoms with Crippen LogP contribution in [0.25, 0.3) is 0 Å². The number of rotatable bonds is 7. The molecule has 6 heteroatoms. The van der Waals surface area contributed by atoms with E-state index in [2.05, 4.69) is 22.7 Å². The van der Waals surface area contributed by atoms with Gasteiger partial charge in [-0.15, -0.1) is 0 Å². The van der Waals surface area contributed by atoms with Crippen molar-refractivity contribution in [3.63, 3.8) is 0 Å². The molecule has 2 rings (SSSR count). The molecule has 0 aromatic heterocycles. The molecular formula is C19H20ClN3O2. The second-order valence-electron chi connectivity index (χ2n) is 5.48. The van der Waals surface area contributed by atoms with Crippen LogP contribution in [-0.4, -0.2) is 11.8 Å². The van der Waals surface area contributed by atoms with E-state index in [1.165, 1.54) is 5.56 Å². The van der Waals surface area contributed by atoms with Crippen LogP contribution >= 0.6 is 11.6 Å². The average Bonchev–Trinajstić information content (AvgIpc) is 2.64. The maximum absolute atomic E-state index is 11.8. The molecule has 0 heterocycles. The van der Waals surface area contributed by atoms with Crippen molar-refractivity contribution in [1.82, 2.24) is 16.2 Å². The highest BCUT2D eigenvalue weighted by Gasteiger charge is 2.12. The van der Waals surface area contributed by atoms with Crippen molar-refractivity contribution in [2.24, 2.45) is 0 Å². The van der Waals surface area contributed by atoms with E-state index in [9.17, 15) is 9.59 Å². The van der Waals surface area contributed by atoms with Gasteiger partial charge in [-0.3, -0.25) is 15.0 Å². The number of hydrogen-bond acceptors (Lipinski definition) is 3. The molecule has 0 aliphatic carbocycles. The smallest absolute Gasteiger partial charge is 0.327 e. The highest BCUT2D eigenvalue weighted by molar-refractivity contribution is 6.34. The van der Waals surface area contributed by atoms with Crippen molar-refractivity contribution in [1.29, 1.82) is 0 Å². The van der Waals surface area contributed by atoms with Gasteiger partial charge in [0.05, 0.1) is 0 Å². The lowest BCUT2D eigenvalue weighted by Crippen LogP contribution is -2.45. The lowest BCUT2D eigenvalue weighted by molar-refractivity contribution is -0.139. The molecule has 25 heavy (non-hydrogen) atoms. The number of halogens is 1. The Morgan fingerprint density at radius 1 is 0.880 bits per heavy atom. The maximum atomic E-state index is 11.8. The molecular weight excluding hydrogens is 338 g/mol. The van der Waals surface area contributed by atoms with Crippen molar-refractivity contribution < 1.29 is 9.59 Å². The van der Waals surface area contributed by atoms with Crippen LogP contribution in [0.2, 0.25) is 5.02 Å². The fourth-order valence-corrected chi connectivity index (χ4v) is 2.20. The van der Waals surface area contributed by atoms with E-state index in [1.807, 2.05) is 30.3 Å². The molecule has 0 unspecified atom stereocenters. The first kappa shape index (κ1) is 18.5. The number of nitrogens with one attached hydrogen (secondary N) is 3. The van der Waals surface area contributed by atoms with E-state index in [-0.39, 0.29) is 6.54 Å². The summed E-state index contributed by atoms with van der Waals surface area (Å²) in [5, 5.41) is 3.15. The average molecular weight is 358 g/mol. The molecule has 0 aliphatic heterocycles. The zero-order valence-corrected chi connectivity index (χ0v) is 14.5. The first-order chi connectivity index (χ1) is 12.0. The van der Waals surface area contributed by atoms with Gasteiger partial charge < -0.3 is 10.7 Å². The summed E-state index contributed by atoms with van der Waals surface area (Å²) in [5.74, 6) is -1.49. The Kier molecular flexibility index (Phi) is 7.04. The van der Waals surface area contributed by atoms with Crippen LogP contribution in [0.4, 0.5) is 0 Å². The fraction of sp³-hybridized carbons (Fsp3) is 0.158. The van der Waals surface area contributed by atoms with Crippen LogP contribution in [0.1, 0.15) is 17.5 Å². The number of carbonyl (C=O) groups excluding carboxylic acids is 2. The predicted octanol–water partition coefficient (Wildman–Crippen LogP) is 2.72. The van der Waals surface area contributed by atoms with Gasteiger partial charge in [0.25, 0.3) is 0 Å². The predicted molar refractivity (Wildman–Crippen MR) is 98.5 cm³/mol. The molecule has 0 saturated carbocycles. The first-order valence-electron chi connectivity index (χ1n) is 7.85. The molecule has 0 bridgehead atoms. The normalized spacial score (nSPS) is 9.96. The monoisotopic (exact) mass is 357 g/mol. The van der Waals surface area contributed by atoms with Crippen LogP contribution in [0.3, 0.4) is 0 Å². The SMILES string of the molecule is C=C(CCc1ccccc1)NNC(=O)C(=O)NCc1ccc(Cl)cc1. The zero-order chi connectivity index (χ0) is 18.1. The molecule has 0 atom stereocenters. The maximum Gasteiger partial charge on any atom is 0.327 e. The standard InChI is InChI=1S/C19H20ClN3O2/c1-14(7-8-15-5-3-2-4-6-15)22-23-19(25)18(24)21-13-16-9-11-17(20)12-10-16/h2-6,9-12,22H,1,7-8,13H2,(H,21,24)(H,23,25). The summed E-state index contributed by atoms with van der Waals surface area (Å²) in [6, 6.07) is 17.0. The van der Waals surface area contributed by atoms with Crippen LogP contribution in [-0.2, 0) is 22.6 Å². The summed E-state index contributed by atoms with van der Waals surface area (Å²) in [6.45, 7) is 4.08. The van der Waals surface area contributed by atoms with Gasteiger partial charge in [0.2, 0.25) is 0 Å². The summed E-state index contributed by atoms with van der Waals surface area (Å²) in [5.41, 5.74) is 7.67. The van der Waals surface area contributed by atoms with Gasteiger partial charge in [0.15, 0.2) is 0 Å². The van der Waals surface area contributed by atoms with Gasteiger partial charge in [-0.05, 0) is 36.1 Å². The van der Waals surface area contributed by atoms with E-state index in [0.29, 0.717) is 17.1 Å². The van der Waals surface area contributed by atoms with E-state index in [1.54, 1.807) is 24.3 Å². The van der Waals surface area contributed by atoms with Crippen molar-refractivity contribution in [2.75, 3.05) is 0 Å². The van der Waals surface area contributed by atoms with Gasteiger partial charge in [-0.2, -0.15) is 0 Å². The number of aryl methyl sites for hydroxylation is 1. The molecule has 0 aliphatic rings. The molecule has 2 amide bonds. The van der Waals surface area contributed by atoms with Crippen LogP contribution in [0, 0.1) is 0 Å². The lowest BCUT2D eigenvalue weighted by Gasteiger charge is -2.11. The van der Waals surface area contributed by atoms with Gasteiger partial charge >= 0.3 is 11.8 Å². The summed E-state index contributed by atoms with van der Waals surface area (Å²) in [6.07, 6.45) is 1.45. The molecule has 0 saturated heterocycles. The Balaban J connectivity index is 1.67. The van der Waals surface area contributed by atoms with Crippen LogP contribution < -0.4 is 16.2 Å². The number of hydrogen-bond donors (Lipinski definition) is 3. The fourth-order valence-electron chi connectivity index (χ4n) is 2.07. The number of carbonyl (C=O) groups is 2. The number of hydrazine groups is 1. The van der Waals surface area contributed by atoms with E-state index < -0.39 is 11.8 Å². The third-order valence-corrected chi connectivity index (χ3v) is 3.74. The zero-order valence-electron chi connectivity index (χ0n) is 13.7. The second kappa shape index (κ2) is 9.49. The molecule has 0 radical (unpaired) electrons. The Morgan fingerprint density at radius 3 is 2.24 bits per heavy atom. The highest BCUT2D eigenvalue weighted by atomic mass is 35.5. The Labute approximate surface area is 152 Å². The quantitative estimate of drug-likeness (QED) is 0.527. The molecule has 0 fully saturated rings. The summed E-state index contributed by atoms with van der Waals surface area (Å²) < 4.78 is 0. The molecule has 2 aromatic carbocycles. The van der Waals surface area contributed by atoms with E-state index in [4.69, 9.17) is 11.6 Å². The van der Waals surface area contributed by atoms with Gasteiger partial charge in [-0.25, -0.2) is 0 Å². The second-order valence-corrected chi connectivity index (χ2v) is 5.91. The largest absolute Gasteiger partial charge is 0.344 e. The molecule has 130 valence electrons. The van der Waals surface area contributed by atoms with Crippen molar-refractivity contribution >= 4 is 23.4 Å². The number of benzene rings is 2. The van der Waals surface area contributed by atoms with Crippen LogP contribution in [0.5, 0.6) is 0 Å². The minimum atomic E-state index is -0.769. The summed E-state index contributed by atoms with van der Waals surface area (Å²) in [7, 11) is 0. The number of allylic oxidation sites excluding steroid dienone is 1. The topological polar surface area (TPSA) is 70.2 Å². The van der Waals surface area contributed by atoms with Gasteiger partial charge in [0.1, 0.15) is 0 Å². The third kappa shape index (κ3) is 6.69. The summed E-state index contributed by atoms with van der Waals surface area (Å²) >= 11 is 5.79. The van der Waals surface area contributed by atoms with Crippen molar-refractivity contribution in [3.05, 3.63) is 83.0 Å². The minimum Gasteiger partial charge on any atom is -0.344 e. The van der Waals surface area contributed by atoms with Gasteiger partial charge in [0, 0.05) is 17.3 Å². The summed E-state index contributed by atoms with van der Waals surface area (Å²) in [4.78, 5) is 23.5. The molecule has 2 aromatic rings. The van der Waals surface area contributed by atoms with Crippen LogP contribution in [0.15, 0.2) is 66.9 Å². The number of amides is 2. The molecule has 3 N–H and O–H groups in total. The highest BCUT2D eigenvalue weighted by Crippen LogP contribution is 2.09. The first-order valence-corrected chi connectivity index (χ1v) is 8.23.